The molecule has 0 N–H and O–H groups in total. The van der Waals surface area contributed by atoms with Crippen molar-refractivity contribution in [1.82, 2.24) is 0 Å². The van der Waals surface area contributed by atoms with Crippen LogP contribution in [0.15, 0.2) is 300 Å². The first-order valence-corrected chi connectivity index (χ1v) is 28.1. The van der Waals surface area contributed by atoms with Crippen molar-refractivity contribution < 1.29 is 8.83 Å². The van der Waals surface area contributed by atoms with Gasteiger partial charge in [0.15, 0.2) is 5.58 Å². The molecule has 4 nitrogen and oxygen atoms in total. The third-order valence-corrected chi connectivity index (χ3v) is 17.0. The maximum atomic E-state index is 7.19. The fourth-order valence-corrected chi connectivity index (χ4v) is 13.4. The van der Waals surface area contributed by atoms with E-state index in [1.807, 2.05) is 0 Å². The highest BCUT2D eigenvalue weighted by Gasteiger charge is 2.27. The van der Waals surface area contributed by atoms with Crippen molar-refractivity contribution in [3.63, 3.8) is 0 Å². The number of hydrogen-bond donors (Lipinski definition) is 0. The summed E-state index contributed by atoms with van der Waals surface area (Å²) in [6, 6.07) is 105. The number of anilines is 6. The van der Waals surface area contributed by atoms with Gasteiger partial charge in [0.2, 0.25) is 0 Å². The molecule has 0 atom stereocenters. The lowest BCUT2D eigenvalue weighted by atomic mass is 9.91. The van der Waals surface area contributed by atoms with Crippen LogP contribution in [-0.2, 0) is 0 Å². The van der Waals surface area contributed by atoms with Gasteiger partial charge < -0.3 is 18.6 Å². The van der Waals surface area contributed by atoms with Crippen molar-refractivity contribution in [1.29, 1.82) is 0 Å². The van der Waals surface area contributed by atoms with E-state index in [-0.39, 0.29) is 0 Å². The summed E-state index contributed by atoms with van der Waals surface area (Å²) in [5, 5.41) is 18.4. The molecular weight excluding hydrogens is 997 g/mol. The van der Waals surface area contributed by atoms with Crippen molar-refractivity contribution in [2.24, 2.45) is 0 Å². The van der Waals surface area contributed by atoms with E-state index >= 15 is 0 Å². The van der Waals surface area contributed by atoms with Crippen molar-refractivity contribution in [2.75, 3.05) is 9.80 Å². The Morgan fingerprint density at radius 1 is 0.220 bits per heavy atom. The zero-order valence-electron chi connectivity index (χ0n) is 44.4. The quantitative estimate of drug-likeness (QED) is 0.152. The molecule has 0 aliphatic heterocycles. The van der Waals surface area contributed by atoms with Gasteiger partial charge in [0.25, 0.3) is 0 Å². The van der Waals surface area contributed by atoms with Gasteiger partial charge in [-0.1, -0.05) is 231 Å². The van der Waals surface area contributed by atoms with Gasteiger partial charge in [-0.3, -0.25) is 0 Å². The van der Waals surface area contributed by atoms with E-state index in [2.05, 4.69) is 301 Å². The molecule has 17 rings (SSSR count). The minimum absolute atomic E-state index is 0.843. The topological polar surface area (TPSA) is 32.8 Å². The summed E-state index contributed by atoms with van der Waals surface area (Å²) in [5.41, 5.74) is 14.3. The molecule has 0 bridgehead atoms. The second kappa shape index (κ2) is 18.3. The Balaban J connectivity index is 0.880. The largest absolute Gasteiger partial charge is 0.456 e. The van der Waals surface area contributed by atoms with E-state index < -0.39 is 0 Å². The lowest BCUT2D eigenvalue weighted by Crippen LogP contribution is -2.11. The van der Waals surface area contributed by atoms with Crippen LogP contribution in [0.1, 0.15) is 0 Å². The van der Waals surface area contributed by atoms with Crippen LogP contribution in [0.5, 0.6) is 0 Å². The average molecular weight is 1050 g/mol. The van der Waals surface area contributed by atoms with Crippen molar-refractivity contribution in [3.05, 3.63) is 291 Å². The summed E-state index contributed by atoms with van der Waals surface area (Å²) in [6.07, 6.45) is 0. The van der Waals surface area contributed by atoms with E-state index in [1.165, 1.54) is 27.1 Å². The number of hydrogen-bond acceptors (Lipinski definition) is 4. The second-order valence-electron chi connectivity index (χ2n) is 21.4. The van der Waals surface area contributed by atoms with Crippen LogP contribution in [0.4, 0.5) is 34.1 Å². The van der Waals surface area contributed by atoms with Gasteiger partial charge in [-0.15, -0.1) is 0 Å². The Hall–Kier alpha value is -10.9. The van der Waals surface area contributed by atoms with E-state index in [9.17, 15) is 0 Å². The Kier molecular flexibility index (Phi) is 10.3. The maximum Gasteiger partial charge on any atom is 0.160 e. The molecule has 17 aromatic rings. The minimum Gasteiger partial charge on any atom is -0.456 e. The minimum atomic E-state index is 0.843. The molecule has 382 valence electrons. The maximum absolute atomic E-state index is 7.19. The van der Waals surface area contributed by atoms with Gasteiger partial charge in [-0.25, -0.2) is 0 Å². The summed E-state index contributed by atoms with van der Waals surface area (Å²) < 4.78 is 14.1. The molecular formula is C78H48N2O2. The van der Waals surface area contributed by atoms with Crippen molar-refractivity contribution in [3.8, 4) is 22.3 Å². The van der Waals surface area contributed by atoms with Crippen LogP contribution in [0.25, 0.3) is 131 Å². The first-order valence-electron chi connectivity index (χ1n) is 28.1. The summed E-state index contributed by atoms with van der Waals surface area (Å²) in [7, 11) is 0. The average Bonchev–Trinajstić information content (AvgIpc) is 2.07. The molecule has 0 fully saturated rings. The van der Waals surface area contributed by atoms with E-state index in [0.29, 0.717) is 0 Å². The molecule has 0 radical (unpaired) electrons. The zero-order valence-corrected chi connectivity index (χ0v) is 44.4. The third-order valence-electron chi connectivity index (χ3n) is 17.0. The van der Waals surface area contributed by atoms with Gasteiger partial charge in [0.1, 0.15) is 16.7 Å². The standard InChI is InChI=1S/C78H48N2O2/c1-3-19-49(20-4-1)50-35-39-55(40-36-50)80(70-47-53-23-9-12-28-58(53)77-75-57-27-11-8-22-52(57)38-46-72(75)82-78(70)77)68-44-42-62(60-30-14-16-32-64(60)68)61-41-43-67(63-31-15-13-29-59(61)63)79(54-24-5-2-6-25-54)69-48-73-76(66-34-18-17-33-65(66)69)74-56-26-10-7-21-51(56)37-45-71(74)81-73/h1-48H. The van der Waals surface area contributed by atoms with Gasteiger partial charge in [0.05, 0.1) is 22.7 Å². The molecule has 2 heterocycles. The summed E-state index contributed by atoms with van der Waals surface area (Å²) >= 11 is 0. The molecule has 0 saturated heterocycles. The fraction of sp³-hybridized carbons (Fsp3) is 0. The first kappa shape index (κ1) is 46.0. The van der Waals surface area contributed by atoms with Gasteiger partial charge in [0, 0.05) is 55.1 Å². The molecule has 0 spiro atoms. The molecule has 4 heteroatoms. The number of rotatable bonds is 8. The van der Waals surface area contributed by atoms with Crippen molar-refractivity contribution in [2.45, 2.75) is 0 Å². The second-order valence-corrected chi connectivity index (χ2v) is 21.4. The van der Waals surface area contributed by atoms with Crippen LogP contribution in [-0.4, -0.2) is 0 Å². The van der Waals surface area contributed by atoms with E-state index in [1.54, 1.807) is 0 Å². The van der Waals surface area contributed by atoms with Gasteiger partial charge >= 0.3 is 0 Å². The molecule has 82 heavy (non-hydrogen) atoms. The van der Waals surface area contributed by atoms with Crippen LogP contribution in [0.3, 0.4) is 0 Å². The summed E-state index contributed by atoms with van der Waals surface area (Å²) in [4.78, 5) is 4.84. The Morgan fingerprint density at radius 2 is 0.634 bits per heavy atom. The number of furan rings is 2. The van der Waals surface area contributed by atoms with Crippen LogP contribution < -0.4 is 9.80 Å². The van der Waals surface area contributed by atoms with Crippen LogP contribution in [0.2, 0.25) is 0 Å². The number of fused-ring (bicyclic) bond motifs is 16. The predicted molar refractivity (Wildman–Crippen MR) is 346 cm³/mol. The predicted octanol–water partition coefficient (Wildman–Crippen LogP) is 22.7. The molecule has 0 aliphatic carbocycles. The summed E-state index contributed by atoms with van der Waals surface area (Å²) in [5.74, 6) is 0. The summed E-state index contributed by atoms with van der Waals surface area (Å²) in [6.45, 7) is 0. The zero-order chi connectivity index (χ0) is 53.8. The van der Waals surface area contributed by atoms with E-state index in [0.717, 1.165) is 138 Å². The number of para-hydroxylation sites is 1. The fourth-order valence-electron chi connectivity index (χ4n) is 13.4. The Morgan fingerprint density at radius 3 is 1.23 bits per heavy atom. The number of nitrogens with zero attached hydrogens (tertiary/aromatic N) is 2. The molecule has 0 amide bonds. The monoisotopic (exact) mass is 1040 g/mol. The van der Waals surface area contributed by atoms with Crippen LogP contribution in [0, 0.1) is 0 Å². The van der Waals surface area contributed by atoms with Gasteiger partial charge in [-0.2, -0.15) is 0 Å². The molecule has 0 aliphatic rings. The van der Waals surface area contributed by atoms with Crippen LogP contribution >= 0.6 is 0 Å². The smallest absolute Gasteiger partial charge is 0.160 e. The molecule has 0 unspecified atom stereocenters. The highest BCUT2D eigenvalue weighted by molar-refractivity contribution is 6.31. The van der Waals surface area contributed by atoms with Crippen molar-refractivity contribution >= 4 is 143 Å². The van der Waals surface area contributed by atoms with E-state index in [4.69, 9.17) is 8.83 Å². The highest BCUT2D eigenvalue weighted by Crippen LogP contribution is 2.52. The number of benzene rings is 15. The third kappa shape index (κ3) is 7.05. The lowest BCUT2D eigenvalue weighted by molar-refractivity contribution is 0.669. The molecule has 0 saturated carbocycles. The Bertz CT molecular complexity index is 5410. The molecule has 2 aromatic heterocycles. The Labute approximate surface area is 472 Å². The first-order chi connectivity index (χ1) is 40.7. The normalized spacial score (nSPS) is 11.9. The SMILES string of the molecule is c1ccc(-c2ccc(N(c3ccc(-c4ccc(N(c5ccccc5)c5cc6oc7ccc8ccccc8c7c6c6ccccc56)c5ccccc45)c4ccccc34)c3cc4ccccc4c4c3oc3ccc5ccccc5c34)cc2)cc1. The lowest BCUT2D eigenvalue weighted by Gasteiger charge is -2.29. The molecule has 15 aromatic carbocycles. The van der Waals surface area contributed by atoms with Gasteiger partial charge in [-0.05, 0) is 125 Å². The highest BCUT2D eigenvalue weighted by atomic mass is 16.3.